The van der Waals surface area contributed by atoms with Crippen molar-refractivity contribution in [3.8, 4) is 0 Å². The summed E-state index contributed by atoms with van der Waals surface area (Å²) in [7, 11) is 0. The quantitative estimate of drug-likeness (QED) is 0.0423. The van der Waals surface area contributed by atoms with Gasteiger partial charge in [-0.3, -0.25) is 0 Å². The predicted molar refractivity (Wildman–Crippen MR) is 333 cm³/mol. The first-order valence-electron chi connectivity index (χ1n) is 35.1. The molecule has 0 aromatic rings. The largest absolute Gasteiger partial charge is 0.394 e. The third-order valence-electron chi connectivity index (χ3n) is 25.0. The Labute approximate surface area is 579 Å². The summed E-state index contributed by atoms with van der Waals surface area (Å²) in [6, 6.07) is 0. The molecular formula is C66H112O34. The van der Waals surface area contributed by atoms with Crippen molar-refractivity contribution in [2.45, 2.75) is 315 Å². The molecule has 22 N–H and O–H groups in total. The van der Waals surface area contributed by atoms with Gasteiger partial charge in [0.05, 0.1) is 63.6 Å². The minimum absolute atomic E-state index is 0.000548. The average Bonchev–Trinajstić information content (AvgIpc) is 1.25. The normalized spacial score (nSPS) is 52.1. The van der Waals surface area contributed by atoms with Crippen LogP contribution in [0.15, 0.2) is 11.6 Å². The maximum absolute atomic E-state index is 12.9. The fraction of sp³-hybridized carbons (Fsp3) is 0.970. The molecule has 100 heavy (non-hydrogen) atoms. The standard InChI is InChI=1S/C66H112O34/c1-24(25-15-16-64(6)34-12-10-26-27(66(34,8)35(71)17-65(25,64)7)11-14-36(62(26,2)3)97-58-52(86)47(81)42(76)32(95-58)22-89-56-50(84)44(78)38(72)28(18-67)91-56)9-13-37(63(4,5)88)98-60-54(49(83)43(77)33(96-60)23-90-57-51(85)45(79)39(73)29(19-68)92-57)100-61-55(48(82)41(75)31(21-70)94-61)99-59-53(87)46(80)40(74)30(20-69)93-59/h10,24-25,27-61,67-88H,9,11-23H2,1-8H3/t24-,25-,27-,28-,29-,30-,31-,32-,33-,34+,35-,36+,37-,38-,39-,40-,41-,42-,43-,44+,45+,46+,47+,48+,49+,50-,51-,52-,53-,54-,55-,56-,57-,58+,59+,60+,61+,64+,65-,66+/m1/s1. The van der Waals surface area contributed by atoms with Crippen molar-refractivity contribution in [1.29, 1.82) is 0 Å². The van der Waals surface area contributed by atoms with E-state index >= 15 is 0 Å². The fourth-order valence-corrected chi connectivity index (χ4v) is 18.5. The number of allylic oxidation sites excluding steroid dienone is 1. The Hall–Kier alpha value is -1.62. The van der Waals surface area contributed by atoms with Crippen molar-refractivity contribution in [2.75, 3.05) is 39.6 Å². The fourth-order valence-electron chi connectivity index (χ4n) is 18.5. The van der Waals surface area contributed by atoms with Gasteiger partial charge >= 0.3 is 0 Å². The zero-order chi connectivity index (χ0) is 73.5. The average molecular weight is 1450 g/mol. The molecule has 580 valence electrons. The molecular weight excluding hydrogens is 1340 g/mol. The summed E-state index contributed by atoms with van der Waals surface area (Å²) >= 11 is 0. The van der Waals surface area contributed by atoms with Crippen LogP contribution in [-0.4, -0.2) is 360 Å². The highest BCUT2D eigenvalue weighted by molar-refractivity contribution is 5.32. The third-order valence-corrected chi connectivity index (χ3v) is 25.0. The van der Waals surface area contributed by atoms with E-state index in [-0.39, 0.29) is 35.5 Å². The summed E-state index contributed by atoms with van der Waals surface area (Å²) in [6.45, 7) is 11.2. The van der Waals surface area contributed by atoms with E-state index in [1.165, 1.54) is 13.8 Å². The lowest BCUT2D eigenvalue weighted by molar-refractivity contribution is -0.399. The Morgan fingerprint density at radius 1 is 0.460 bits per heavy atom. The van der Waals surface area contributed by atoms with Gasteiger partial charge in [-0.1, -0.05) is 53.2 Å². The van der Waals surface area contributed by atoms with E-state index in [4.69, 9.17) is 56.8 Å². The number of hydrogen-bond acceptors (Lipinski definition) is 34. The molecule has 0 aromatic carbocycles. The molecule has 0 bridgehead atoms. The molecule has 34 nitrogen and oxygen atoms in total. The van der Waals surface area contributed by atoms with Crippen LogP contribution in [0.2, 0.25) is 0 Å². The van der Waals surface area contributed by atoms with Crippen LogP contribution in [0.5, 0.6) is 0 Å². The van der Waals surface area contributed by atoms with Crippen LogP contribution in [-0.2, 0) is 56.8 Å². The Bertz CT molecular complexity index is 2670. The van der Waals surface area contributed by atoms with Crippen molar-refractivity contribution in [3.05, 3.63) is 11.6 Å². The smallest absolute Gasteiger partial charge is 0.187 e. The van der Waals surface area contributed by atoms with Crippen LogP contribution in [0.1, 0.15) is 107 Å². The second kappa shape index (κ2) is 31.5. The summed E-state index contributed by atoms with van der Waals surface area (Å²) in [5.41, 5.74) is -2.81. The highest BCUT2D eigenvalue weighted by atomic mass is 16.8. The molecule has 40 atom stereocenters. The Morgan fingerprint density at radius 3 is 1.35 bits per heavy atom. The van der Waals surface area contributed by atoms with Crippen molar-refractivity contribution >= 4 is 0 Å². The first-order valence-corrected chi connectivity index (χ1v) is 35.1. The van der Waals surface area contributed by atoms with Gasteiger partial charge < -0.3 is 169 Å². The van der Waals surface area contributed by atoms with Crippen LogP contribution in [0.4, 0.5) is 0 Å². The number of aliphatic hydroxyl groups is 22. The highest BCUT2D eigenvalue weighted by Crippen LogP contribution is 2.75. The van der Waals surface area contributed by atoms with Crippen LogP contribution < -0.4 is 0 Å². The molecule has 0 aromatic heterocycles. The van der Waals surface area contributed by atoms with E-state index in [1.807, 2.05) is 13.8 Å². The molecule has 3 saturated carbocycles. The predicted octanol–water partition coefficient (Wildman–Crippen LogP) is -7.58. The number of hydrogen-bond donors (Lipinski definition) is 22. The molecule has 4 aliphatic carbocycles. The molecule has 10 rings (SSSR count). The van der Waals surface area contributed by atoms with Crippen LogP contribution in [0.25, 0.3) is 0 Å². The van der Waals surface area contributed by atoms with Crippen LogP contribution >= 0.6 is 0 Å². The first-order chi connectivity index (χ1) is 46.9. The van der Waals surface area contributed by atoms with Gasteiger partial charge in [-0.15, -0.1) is 0 Å². The zero-order valence-electron chi connectivity index (χ0n) is 57.6. The van der Waals surface area contributed by atoms with Crippen LogP contribution in [0.3, 0.4) is 0 Å². The van der Waals surface area contributed by atoms with E-state index in [0.717, 1.165) is 18.4 Å². The van der Waals surface area contributed by atoms with E-state index in [0.29, 0.717) is 32.1 Å². The van der Waals surface area contributed by atoms with Crippen molar-refractivity contribution < 1.29 is 169 Å². The number of aliphatic hydroxyl groups excluding tert-OH is 21. The van der Waals surface area contributed by atoms with E-state index < -0.39 is 264 Å². The van der Waals surface area contributed by atoms with Crippen LogP contribution in [0, 0.1) is 45.3 Å². The molecule has 0 radical (unpaired) electrons. The van der Waals surface area contributed by atoms with Gasteiger partial charge in [0, 0.05) is 10.8 Å². The second-order valence-electron chi connectivity index (χ2n) is 31.5. The molecule has 10 aliphatic rings. The van der Waals surface area contributed by atoms with Gasteiger partial charge in [0.1, 0.15) is 146 Å². The lowest BCUT2D eigenvalue weighted by Crippen LogP contribution is -2.67. The zero-order valence-corrected chi connectivity index (χ0v) is 57.6. The van der Waals surface area contributed by atoms with Gasteiger partial charge in [0.25, 0.3) is 0 Å². The lowest BCUT2D eigenvalue weighted by Gasteiger charge is -2.67. The molecule has 6 heterocycles. The Morgan fingerprint density at radius 2 is 0.860 bits per heavy atom. The topological polar surface area (TPSA) is 556 Å². The number of ether oxygens (including phenoxy) is 12. The summed E-state index contributed by atoms with van der Waals surface area (Å²) in [5.74, 6) is -0.244. The molecule has 6 aliphatic heterocycles. The van der Waals surface area contributed by atoms with Gasteiger partial charge in [-0.05, 0) is 99.7 Å². The van der Waals surface area contributed by atoms with Gasteiger partial charge in [0.15, 0.2) is 37.7 Å². The summed E-state index contributed by atoms with van der Waals surface area (Å²) in [6.07, 6.45) is -49.3. The maximum atomic E-state index is 12.9. The minimum Gasteiger partial charge on any atom is -0.394 e. The van der Waals surface area contributed by atoms with E-state index in [2.05, 4.69) is 33.8 Å². The van der Waals surface area contributed by atoms with Crippen molar-refractivity contribution in [2.24, 2.45) is 45.3 Å². The second-order valence-corrected chi connectivity index (χ2v) is 31.5. The van der Waals surface area contributed by atoms with Crippen molar-refractivity contribution in [1.82, 2.24) is 0 Å². The SMILES string of the molecule is C[C@H](CC[C@@H](O[C@@H]1O[C@H](CO[C@@H]2O[C@H](CO)[C@@H](O)[C@H](O)[C@H]2O)[C@@H](O)[C@H](O)[C@H]1O[C@@H]1O[C@H](CO)[C@@H](O)[C@H](O)[C@H]1O[C@@H]1O[C@H](CO)[C@@H](O)[C@H](O)[C@H]1O)C(C)(C)O)[C@H]1CC[C@@]2(C)[C@@H]3CC=C4[C@@H](CC[C@H](O[C@@H]5O[C@H](CO[C@@H]6O[C@H](CO)[C@@H](O)[C@H](O)[C@H]6O)[C@@H](O)[C@H](O)[C@H]5O)C4(C)C)[C@]3(C)[C@H](O)C[C@]12C. The van der Waals surface area contributed by atoms with E-state index in [9.17, 15) is 112 Å². The molecule has 34 heteroatoms. The Kier molecular flexibility index (Phi) is 25.5. The molecule has 0 unspecified atom stereocenters. The number of rotatable bonds is 23. The summed E-state index contributed by atoms with van der Waals surface area (Å²) < 4.78 is 71.7. The first kappa shape index (κ1) is 80.9. The third kappa shape index (κ3) is 14.8. The van der Waals surface area contributed by atoms with Gasteiger partial charge in [0.2, 0.25) is 0 Å². The Balaban J connectivity index is 0.851. The van der Waals surface area contributed by atoms with Crippen molar-refractivity contribution in [3.63, 3.8) is 0 Å². The lowest BCUT2D eigenvalue weighted by atomic mass is 9.38. The monoisotopic (exact) mass is 1450 g/mol. The minimum atomic E-state index is -2.10. The summed E-state index contributed by atoms with van der Waals surface area (Å²) in [5, 5.41) is 240. The highest BCUT2D eigenvalue weighted by Gasteiger charge is 2.71. The molecule has 9 fully saturated rings. The molecule has 0 spiro atoms. The van der Waals surface area contributed by atoms with Gasteiger partial charge in [-0.2, -0.15) is 0 Å². The summed E-state index contributed by atoms with van der Waals surface area (Å²) in [4.78, 5) is 0. The number of fused-ring (bicyclic) bond motifs is 5. The van der Waals surface area contributed by atoms with Gasteiger partial charge in [-0.25, -0.2) is 0 Å². The van der Waals surface area contributed by atoms with E-state index in [1.54, 1.807) is 0 Å². The maximum Gasteiger partial charge on any atom is 0.187 e. The molecule has 0 amide bonds. The molecule has 6 saturated heterocycles.